The Labute approximate surface area is 140 Å². The lowest BCUT2D eigenvalue weighted by molar-refractivity contribution is -0.199. The average Bonchev–Trinajstić information content (AvgIpc) is 2.82. The molecular weight excluding hydrogens is 326 g/mol. The maximum absolute atomic E-state index is 10.6. The van der Waals surface area contributed by atoms with E-state index in [4.69, 9.17) is 24.9 Å². The smallest absolute Gasteiger partial charge is 0.475 e. The summed E-state index contributed by atoms with van der Waals surface area (Å²) in [5.74, 6) is -1.30. The number of aliphatic carboxylic acids is 1. The number of hydrogen-bond donors (Lipinski definition) is 2. The summed E-state index contributed by atoms with van der Waals surface area (Å²) in [6.45, 7) is 9.08. The molecule has 0 amide bonds. The van der Waals surface area contributed by atoms with Crippen LogP contribution in [0.1, 0.15) is 47.0 Å². The summed E-state index contributed by atoms with van der Waals surface area (Å²) in [7, 11) is -0.190. The van der Waals surface area contributed by atoms with Gasteiger partial charge in [-0.05, 0) is 43.4 Å². The van der Waals surface area contributed by atoms with E-state index >= 15 is 0 Å². The van der Waals surface area contributed by atoms with Crippen molar-refractivity contribution in [1.29, 1.82) is 0 Å². The normalized spacial score (nSPS) is 37.7. The van der Waals surface area contributed by atoms with Crippen molar-refractivity contribution in [3.63, 3.8) is 0 Å². The molecule has 1 aliphatic heterocycles. The molecule has 24 heavy (non-hydrogen) atoms. The number of nitrogens with two attached hydrogens (primary N) is 1. The lowest BCUT2D eigenvalue weighted by atomic mass is 9.43. The van der Waals surface area contributed by atoms with Crippen LogP contribution in [0.15, 0.2) is 0 Å². The zero-order chi connectivity index (χ0) is 18.5. The first-order valence-electron chi connectivity index (χ1n) is 8.23. The molecule has 4 aliphatic rings. The van der Waals surface area contributed by atoms with Crippen molar-refractivity contribution in [1.82, 2.24) is 0 Å². The number of halogens is 3. The van der Waals surface area contributed by atoms with Gasteiger partial charge < -0.3 is 20.1 Å². The molecule has 0 aromatic heterocycles. The second kappa shape index (κ2) is 6.18. The van der Waals surface area contributed by atoms with Gasteiger partial charge in [0, 0.05) is 5.94 Å². The largest absolute Gasteiger partial charge is 0.490 e. The standard InChI is InChI=1S/C13H24BNO2.C2HF3O2/c1-5-11(15)14-16-10-7-8-6-9(12(8,2)3)13(10,4)17-14;3-2(4,5)1(6)7/h8-11H,5-7,15H2,1-4H3;(H,6,7)/t8-,9-,10+,11?,13-;/m0./s1. The summed E-state index contributed by atoms with van der Waals surface area (Å²) in [6, 6.07) is 0. The first-order chi connectivity index (χ1) is 10.8. The van der Waals surface area contributed by atoms with Gasteiger partial charge in [0.25, 0.3) is 0 Å². The molecule has 5 atom stereocenters. The van der Waals surface area contributed by atoms with Gasteiger partial charge in [0.05, 0.1) is 11.7 Å². The number of rotatable bonds is 2. The Morgan fingerprint density at radius 1 is 1.38 bits per heavy atom. The summed E-state index contributed by atoms with van der Waals surface area (Å²) < 4.78 is 44.0. The molecule has 4 fully saturated rings. The molecule has 3 N–H and O–H groups in total. The summed E-state index contributed by atoms with van der Waals surface area (Å²) in [5, 5.41) is 7.12. The molecule has 3 saturated carbocycles. The minimum absolute atomic E-state index is 0.0118. The topological polar surface area (TPSA) is 81.8 Å². The Balaban J connectivity index is 0.000000256. The second-order valence-electron chi connectivity index (χ2n) is 7.71. The van der Waals surface area contributed by atoms with E-state index in [0.29, 0.717) is 11.3 Å². The van der Waals surface area contributed by atoms with Crippen molar-refractivity contribution >= 4 is 13.1 Å². The molecule has 4 rings (SSSR count). The first-order valence-corrected chi connectivity index (χ1v) is 8.23. The van der Waals surface area contributed by atoms with Gasteiger partial charge in [0.15, 0.2) is 0 Å². The van der Waals surface area contributed by atoms with Gasteiger partial charge in [0.1, 0.15) is 0 Å². The van der Waals surface area contributed by atoms with Crippen LogP contribution in [0.2, 0.25) is 0 Å². The van der Waals surface area contributed by atoms with E-state index in [9.17, 15) is 13.2 Å². The lowest BCUT2D eigenvalue weighted by Gasteiger charge is -2.64. The van der Waals surface area contributed by atoms with Gasteiger partial charge in [-0.25, -0.2) is 4.79 Å². The van der Waals surface area contributed by atoms with Gasteiger partial charge >= 0.3 is 19.3 Å². The molecule has 9 heteroatoms. The van der Waals surface area contributed by atoms with E-state index in [0.717, 1.165) is 18.8 Å². The van der Waals surface area contributed by atoms with Gasteiger partial charge in [-0.1, -0.05) is 20.8 Å². The monoisotopic (exact) mass is 351 g/mol. The Hall–Kier alpha value is -0.795. The Morgan fingerprint density at radius 3 is 2.33 bits per heavy atom. The third-order valence-electron chi connectivity index (χ3n) is 6.03. The summed E-state index contributed by atoms with van der Waals surface area (Å²) in [4.78, 5) is 8.90. The zero-order valence-corrected chi connectivity index (χ0v) is 14.4. The number of alkyl halides is 3. The van der Waals surface area contributed by atoms with Crippen molar-refractivity contribution < 1.29 is 32.4 Å². The fourth-order valence-electron chi connectivity index (χ4n) is 4.27. The molecule has 3 aliphatic carbocycles. The van der Waals surface area contributed by atoms with Crippen molar-refractivity contribution in [3.05, 3.63) is 0 Å². The van der Waals surface area contributed by atoms with E-state index in [1.807, 2.05) is 0 Å². The van der Waals surface area contributed by atoms with Crippen molar-refractivity contribution in [2.24, 2.45) is 23.0 Å². The first kappa shape index (κ1) is 19.5. The highest BCUT2D eigenvalue weighted by Crippen LogP contribution is 2.65. The van der Waals surface area contributed by atoms with Crippen molar-refractivity contribution in [2.45, 2.75) is 70.8 Å². The summed E-state index contributed by atoms with van der Waals surface area (Å²) in [5.41, 5.74) is 6.38. The summed E-state index contributed by atoms with van der Waals surface area (Å²) in [6.07, 6.45) is -1.46. The Bertz CT molecular complexity index is 502. The van der Waals surface area contributed by atoms with Crippen LogP contribution in [0, 0.1) is 17.3 Å². The SMILES string of the molecule is CCC(N)B1O[C@@H]2C[C@@H]3C[C@@H](C3(C)C)[C@]2(C)O1.O=C(O)C(F)(F)F. The van der Waals surface area contributed by atoms with Crippen LogP contribution >= 0.6 is 0 Å². The zero-order valence-electron chi connectivity index (χ0n) is 14.4. The molecule has 1 heterocycles. The second-order valence-corrected chi connectivity index (χ2v) is 7.71. The number of carbonyl (C=O) groups is 1. The van der Waals surface area contributed by atoms with Crippen LogP contribution in [-0.2, 0) is 14.1 Å². The fraction of sp³-hybridized carbons (Fsp3) is 0.933. The molecular formula is C15H25BF3NO4. The van der Waals surface area contributed by atoms with Crippen LogP contribution < -0.4 is 5.73 Å². The van der Waals surface area contributed by atoms with Gasteiger partial charge in [-0.3, -0.25) is 0 Å². The lowest BCUT2D eigenvalue weighted by Crippen LogP contribution is -2.65. The molecule has 0 radical (unpaired) electrons. The van der Waals surface area contributed by atoms with E-state index in [-0.39, 0.29) is 24.8 Å². The maximum atomic E-state index is 10.6. The third-order valence-corrected chi connectivity index (χ3v) is 6.03. The predicted molar refractivity (Wildman–Crippen MR) is 82.1 cm³/mol. The highest BCUT2D eigenvalue weighted by molar-refractivity contribution is 6.47. The molecule has 5 nitrogen and oxygen atoms in total. The highest BCUT2D eigenvalue weighted by Gasteiger charge is 2.68. The van der Waals surface area contributed by atoms with Crippen LogP contribution in [-0.4, -0.2) is 42.0 Å². The fourth-order valence-corrected chi connectivity index (χ4v) is 4.27. The minimum Gasteiger partial charge on any atom is -0.475 e. The van der Waals surface area contributed by atoms with Crippen LogP contribution in [0.4, 0.5) is 13.2 Å². The quantitative estimate of drug-likeness (QED) is 0.748. The molecule has 0 aromatic carbocycles. The van der Waals surface area contributed by atoms with Gasteiger partial charge in [-0.2, -0.15) is 13.2 Å². The van der Waals surface area contributed by atoms with Gasteiger partial charge in [-0.15, -0.1) is 0 Å². The van der Waals surface area contributed by atoms with Crippen molar-refractivity contribution in [2.75, 3.05) is 0 Å². The average molecular weight is 351 g/mol. The highest BCUT2D eigenvalue weighted by atomic mass is 19.4. The molecule has 0 spiro atoms. The summed E-state index contributed by atoms with van der Waals surface area (Å²) >= 11 is 0. The van der Waals surface area contributed by atoms with Crippen molar-refractivity contribution in [3.8, 4) is 0 Å². The maximum Gasteiger partial charge on any atom is 0.490 e. The van der Waals surface area contributed by atoms with E-state index < -0.39 is 12.1 Å². The molecule has 1 unspecified atom stereocenters. The number of hydrogen-bond acceptors (Lipinski definition) is 4. The number of carboxylic acid groups (broad SMARTS) is 1. The molecule has 1 saturated heterocycles. The van der Waals surface area contributed by atoms with E-state index in [2.05, 4.69) is 27.7 Å². The molecule has 0 aromatic rings. The van der Waals surface area contributed by atoms with Gasteiger partial charge in [0.2, 0.25) is 0 Å². The van der Waals surface area contributed by atoms with E-state index in [1.54, 1.807) is 0 Å². The Morgan fingerprint density at radius 2 is 1.92 bits per heavy atom. The minimum atomic E-state index is -5.08. The van der Waals surface area contributed by atoms with E-state index in [1.165, 1.54) is 6.42 Å². The molecule has 138 valence electrons. The third kappa shape index (κ3) is 3.18. The van der Waals surface area contributed by atoms with Crippen LogP contribution in [0.5, 0.6) is 0 Å². The molecule has 2 bridgehead atoms. The Kier molecular flexibility index (Phi) is 5.03. The van der Waals surface area contributed by atoms with Crippen LogP contribution in [0.25, 0.3) is 0 Å². The van der Waals surface area contributed by atoms with Crippen LogP contribution in [0.3, 0.4) is 0 Å². The predicted octanol–water partition coefficient (Wildman–Crippen LogP) is 2.62. The number of carboxylic acids is 1.